The van der Waals surface area contributed by atoms with E-state index in [9.17, 15) is 0 Å². The Morgan fingerprint density at radius 2 is 2.12 bits per heavy atom. The lowest BCUT2D eigenvalue weighted by Crippen LogP contribution is -2.05. The van der Waals surface area contributed by atoms with Crippen LogP contribution in [0.25, 0.3) is 0 Å². The van der Waals surface area contributed by atoms with Crippen molar-refractivity contribution in [2.45, 2.75) is 46.1 Å². The summed E-state index contributed by atoms with van der Waals surface area (Å²) < 4.78 is 5.74. The van der Waals surface area contributed by atoms with E-state index in [1.807, 2.05) is 13.0 Å². The van der Waals surface area contributed by atoms with Crippen LogP contribution in [0.2, 0.25) is 0 Å². The van der Waals surface area contributed by atoms with E-state index in [-0.39, 0.29) is 0 Å². The molecule has 1 rings (SSSR count). The molecule has 1 aromatic rings. The molecule has 0 bridgehead atoms. The number of rotatable bonds is 7. The molecule has 3 heteroatoms. The zero-order chi connectivity index (χ0) is 11.8. The molecule has 2 N–H and O–H groups in total. The van der Waals surface area contributed by atoms with Gasteiger partial charge in [0.15, 0.2) is 0 Å². The van der Waals surface area contributed by atoms with E-state index < -0.39 is 0 Å². The summed E-state index contributed by atoms with van der Waals surface area (Å²) in [6, 6.07) is 1.96. The van der Waals surface area contributed by atoms with Gasteiger partial charge in [0.05, 0.1) is 6.61 Å². The maximum Gasteiger partial charge on any atom is 0.127 e. The van der Waals surface area contributed by atoms with E-state index in [0.717, 1.165) is 30.0 Å². The van der Waals surface area contributed by atoms with Crippen LogP contribution < -0.4 is 10.5 Å². The number of nitrogens with zero attached hydrogens (tertiary/aromatic N) is 1. The van der Waals surface area contributed by atoms with Gasteiger partial charge in [0.1, 0.15) is 5.75 Å². The Morgan fingerprint density at radius 1 is 1.31 bits per heavy atom. The third-order valence-corrected chi connectivity index (χ3v) is 2.56. The van der Waals surface area contributed by atoms with Crippen molar-refractivity contribution in [3.63, 3.8) is 0 Å². The fourth-order valence-corrected chi connectivity index (χ4v) is 1.56. The molecule has 3 nitrogen and oxygen atoms in total. The number of aryl methyl sites for hydroxylation is 1. The molecule has 0 spiro atoms. The highest BCUT2D eigenvalue weighted by Crippen LogP contribution is 2.18. The highest BCUT2D eigenvalue weighted by Gasteiger charge is 2.03. The summed E-state index contributed by atoms with van der Waals surface area (Å²) in [5.41, 5.74) is 7.59. The first kappa shape index (κ1) is 13.0. The minimum Gasteiger partial charge on any atom is -0.493 e. The van der Waals surface area contributed by atoms with Gasteiger partial charge in [-0.3, -0.25) is 4.98 Å². The first-order valence-corrected chi connectivity index (χ1v) is 6.06. The maximum atomic E-state index is 5.74. The van der Waals surface area contributed by atoms with E-state index in [1.54, 1.807) is 6.20 Å². The van der Waals surface area contributed by atoms with Gasteiger partial charge in [0.2, 0.25) is 0 Å². The summed E-state index contributed by atoms with van der Waals surface area (Å²) >= 11 is 0. The molecule has 0 unspecified atom stereocenters. The van der Waals surface area contributed by atoms with Crippen molar-refractivity contribution in [3.05, 3.63) is 23.5 Å². The van der Waals surface area contributed by atoms with Crippen molar-refractivity contribution in [1.82, 2.24) is 4.98 Å². The largest absolute Gasteiger partial charge is 0.493 e. The molecule has 90 valence electrons. The molecule has 0 radical (unpaired) electrons. The Labute approximate surface area is 98.0 Å². The maximum absolute atomic E-state index is 5.74. The first-order valence-electron chi connectivity index (χ1n) is 6.06. The second kappa shape index (κ2) is 7.23. The van der Waals surface area contributed by atoms with Crippen LogP contribution in [0.4, 0.5) is 0 Å². The van der Waals surface area contributed by atoms with Crippen molar-refractivity contribution in [2.75, 3.05) is 6.61 Å². The smallest absolute Gasteiger partial charge is 0.127 e. The molecule has 0 amide bonds. The fourth-order valence-electron chi connectivity index (χ4n) is 1.56. The molecule has 0 aliphatic heterocycles. The summed E-state index contributed by atoms with van der Waals surface area (Å²) in [4.78, 5) is 4.21. The summed E-state index contributed by atoms with van der Waals surface area (Å²) in [6.07, 6.45) is 6.68. The Bertz CT molecular complexity index is 313. The molecule has 1 aromatic heterocycles. The molecule has 0 aliphatic carbocycles. The number of hydrogen-bond acceptors (Lipinski definition) is 3. The third-order valence-electron chi connectivity index (χ3n) is 2.56. The Morgan fingerprint density at radius 3 is 2.81 bits per heavy atom. The molecule has 0 saturated heterocycles. The van der Waals surface area contributed by atoms with Gasteiger partial charge in [-0.1, -0.05) is 26.2 Å². The van der Waals surface area contributed by atoms with Gasteiger partial charge >= 0.3 is 0 Å². The standard InChI is InChI=1S/C13H22N2O/c1-3-4-5-6-7-16-13-8-11(2)15-10-12(13)9-14/h8,10H,3-7,9,14H2,1-2H3. The van der Waals surface area contributed by atoms with Crippen molar-refractivity contribution < 1.29 is 4.74 Å². The van der Waals surface area contributed by atoms with Gasteiger partial charge in [-0.2, -0.15) is 0 Å². The number of nitrogens with two attached hydrogens (primary N) is 1. The highest BCUT2D eigenvalue weighted by molar-refractivity contribution is 5.32. The second-order valence-electron chi connectivity index (χ2n) is 4.05. The Hall–Kier alpha value is -1.09. The Kier molecular flexibility index (Phi) is 5.86. The molecule has 1 heterocycles. The monoisotopic (exact) mass is 222 g/mol. The minimum absolute atomic E-state index is 0.484. The van der Waals surface area contributed by atoms with Crippen molar-refractivity contribution in [2.24, 2.45) is 5.73 Å². The lowest BCUT2D eigenvalue weighted by molar-refractivity contribution is 0.301. The topological polar surface area (TPSA) is 48.1 Å². The predicted octanol–water partition coefficient (Wildman–Crippen LogP) is 2.81. The molecule has 0 aliphatic rings. The average molecular weight is 222 g/mol. The van der Waals surface area contributed by atoms with Crippen LogP contribution in [-0.4, -0.2) is 11.6 Å². The predicted molar refractivity (Wildman–Crippen MR) is 66.5 cm³/mol. The number of aromatic nitrogens is 1. The molecule has 16 heavy (non-hydrogen) atoms. The normalized spacial score (nSPS) is 10.4. The van der Waals surface area contributed by atoms with Gasteiger partial charge in [0.25, 0.3) is 0 Å². The summed E-state index contributed by atoms with van der Waals surface area (Å²) in [6.45, 7) is 5.43. The second-order valence-corrected chi connectivity index (χ2v) is 4.05. The van der Waals surface area contributed by atoms with Crippen LogP contribution in [0.15, 0.2) is 12.3 Å². The fraction of sp³-hybridized carbons (Fsp3) is 0.615. The molecular weight excluding hydrogens is 200 g/mol. The van der Waals surface area contributed by atoms with Crippen LogP contribution in [0.5, 0.6) is 5.75 Å². The van der Waals surface area contributed by atoms with Crippen LogP contribution in [0.3, 0.4) is 0 Å². The minimum atomic E-state index is 0.484. The first-order chi connectivity index (χ1) is 7.77. The van der Waals surface area contributed by atoms with E-state index in [1.165, 1.54) is 19.3 Å². The van der Waals surface area contributed by atoms with Crippen LogP contribution in [-0.2, 0) is 6.54 Å². The van der Waals surface area contributed by atoms with Gasteiger partial charge in [-0.25, -0.2) is 0 Å². The quantitative estimate of drug-likeness (QED) is 0.722. The van der Waals surface area contributed by atoms with E-state index >= 15 is 0 Å². The van der Waals surface area contributed by atoms with Crippen LogP contribution >= 0.6 is 0 Å². The van der Waals surface area contributed by atoms with Crippen LogP contribution in [0.1, 0.15) is 43.9 Å². The molecule has 0 saturated carbocycles. The summed E-state index contributed by atoms with van der Waals surface area (Å²) in [5, 5.41) is 0. The van der Waals surface area contributed by atoms with Crippen molar-refractivity contribution in [3.8, 4) is 5.75 Å². The average Bonchev–Trinajstić information content (AvgIpc) is 2.29. The highest BCUT2D eigenvalue weighted by atomic mass is 16.5. The van der Waals surface area contributed by atoms with Crippen LogP contribution in [0, 0.1) is 6.92 Å². The van der Waals surface area contributed by atoms with Gasteiger partial charge in [-0.15, -0.1) is 0 Å². The van der Waals surface area contributed by atoms with Gasteiger partial charge < -0.3 is 10.5 Å². The van der Waals surface area contributed by atoms with Gasteiger partial charge in [-0.05, 0) is 13.3 Å². The number of ether oxygens (including phenoxy) is 1. The SMILES string of the molecule is CCCCCCOc1cc(C)ncc1CN. The van der Waals surface area contributed by atoms with E-state index in [0.29, 0.717) is 6.54 Å². The Balaban J connectivity index is 2.42. The number of unbranched alkanes of at least 4 members (excludes halogenated alkanes) is 3. The lowest BCUT2D eigenvalue weighted by Gasteiger charge is -2.10. The number of hydrogen-bond donors (Lipinski definition) is 1. The van der Waals surface area contributed by atoms with Gasteiger partial charge in [0, 0.05) is 30.1 Å². The van der Waals surface area contributed by atoms with E-state index in [2.05, 4.69) is 11.9 Å². The van der Waals surface area contributed by atoms with Crippen molar-refractivity contribution in [1.29, 1.82) is 0 Å². The number of pyridine rings is 1. The van der Waals surface area contributed by atoms with E-state index in [4.69, 9.17) is 10.5 Å². The zero-order valence-corrected chi connectivity index (χ0v) is 10.3. The molecule has 0 aromatic carbocycles. The third kappa shape index (κ3) is 4.19. The molecule has 0 fully saturated rings. The zero-order valence-electron chi connectivity index (χ0n) is 10.3. The molecule has 0 atom stereocenters. The lowest BCUT2D eigenvalue weighted by atomic mass is 10.2. The van der Waals surface area contributed by atoms with Crippen molar-refractivity contribution >= 4 is 0 Å². The summed E-state index contributed by atoms with van der Waals surface area (Å²) in [7, 11) is 0. The molecular formula is C13H22N2O. The summed E-state index contributed by atoms with van der Waals surface area (Å²) in [5.74, 6) is 0.895.